The van der Waals surface area contributed by atoms with Gasteiger partial charge in [-0.1, -0.05) is 13.3 Å². The molecule has 2 N–H and O–H groups in total. The minimum Gasteiger partial charge on any atom is -0.398 e. The van der Waals surface area contributed by atoms with Crippen LogP contribution in [-0.4, -0.2) is 0 Å². The van der Waals surface area contributed by atoms with Crippen molar-refractivity contribution in [1.29, 1.82) is 0 Å². The van der Waals surface area contributed by atoms with Crippen LogP contribution in [0, 0.1) is 12.7 Å². The monoisotopic (exact) mass is 167 g/mol. The van der Waals surface area contributed by atoms with Crippen LogP contribution in [0.25, 0.3) is 0 Å². The Morgan fingerprint density at radius 1 is 1.42 bits per heavy atom. The summed E-state index contributed by atoms with van der Waals surface area (Å²) in [5, 5.41) is 0. The van der Waals surface area contributed by atoms with Gasteiger partial charge in [0.15, 0.2) is 0 Å². The van der Waals surface area contributed by atoms with E-state index in [4.69, 9.17) is 5.73 Å². The Balaban J connectivity index is 3.10. The Morgan fingerprint density at radius 2 is 2.08 bits per heavy atom. The third-order valence-electron chi connectivity index (χ3n) is 1.87. The molecule has 1 aromatic carbocycles. The molecule has 0 saturated heterocycles. The number of benzene rings is 1. The lowest BCUT2D eigenvalue weighted by Crippen LogP contribution is -1.98. The third-order valence-corrected chi connectivity index (χ3v) is 1.87. The van der Waals surface area contributed by atoms with Gasteiger partial charge in [0, 0.05) is 11.3 Å². The molecular formula is C10H14FN. The molecule has 0 fully saturated rings. The van der Waals surface area contributed by atoms with Gasteiger partial charge < -0.3 is 5.73 Å². The summed E-state index contributed by atoms with van der Waals surface area (Å²) in [7, 11) is 0. The number of nitrogens with two attached hydrogens (primary N) is 1. The first-order valence-corrected chi connectivity index (χ1v) is 4.19. The minimum atomic E-state index is -0.172. The van der Waals surface area contributed by atoms with E-state index < -0.39 is 0 Å². The van der Waals surface area contributed by atoms with Gasteiger partial charge in [-0.25, -0.2) is 4.39 Å². The molecule has 0 spiro atoms. The Kier molecular flexibility index (Phi) is 2.69. The summed E-state index contributed by atoms with van der Waals surface area (Å²) in [6.07, 6.45) is 1.64. The van der Waals surface area contributed by atoms with Gasteiger partial charge in [-0.2, -0.15) is 0 Å². The van der Waals surface area contributed by atoms with Gasteiger partial charge in [-0.05, 0) is 31.0 Å². The van der Waals surface area contributed by atoms with E-state index in [0.717, 1.165) is 18.4 Å². The molecule has 1 rings (SSSR count). The Bertz CT molecular complexity index is 258. The van der Waals surface area contributed by atoms with Crippen LogP contribution in [0.15, 0.2) is 12.1 Å². The molecule has 0 atom stereocenters. The van der Waals surface area contributed by atoms with Crippen LogP contribution in [0.4, 0.5) is 10.1 Å². The van der Waals surface area contributed by atoms with Crippen molar-refractivity contribution in [2.24, 2.45) is 0 Å². The van der Waals surface area contributed by atoms with Crippen molar-refractivity contribution in [1.82, 2.24) is 0 Å². The average molecular weight is 167 g/mol. The highest BCUT2D eigenvalue weighted by atomic mass is 19.1. The van der Waals surface area contributed by atoms with E-state index in [-0.39, 0.29) is 5.82 Å². The fourth-order valence-corrected chi connectivity index (χ4v) is 1.31. The number of nitrogen functional groups attached to an aromatic ring is 1. The van der Waals surface area contributed by atoms with Crippen LogP contribution in [-0.2, 0) is 6.42 Å². The lowest BCUT2D eigenvalue weighted by atomic mass is 10.1. The smallest absolute Gasteiger partial charge is 0.128 e. The molecule has 0 unspecified atom stereocenters. The number of rotatable bonds is 2. The van der Waals surface area contributed by atoms with Gasteiger partial charge in [0.25, 0.3) is 0 Å². The fourth-order valence-electron chi connectivity index (χ4n) is 1.31. The SMILES string of the molecule is CCCc1c(N)cc(C)cc1F. The third kappa shape index (κ3) is 1.76. The Hall–Kier alpha value is -1.05. The van der Waals surface area contributed by atoms with E-state index in [0.29, 0.717) is 11.3 Å². The lowest BCUT2D eigenvalue weighted by Gasteiger charge is -2.06. The zero-order chi connectivity index (χ0) is 9.14. The highest BCUT2D eigenvalue weighted by Crippen LogP contribution is 2.19. The van der Waals surface area contributed by atoms with Crippen molar-refractivity contribution in [3.8, 4) is 0 Å². The van der Waals surface area contributed by atoms with Crippen molar-refractivity contribution < 1.29 is 4.39 Å². The molecule has 1 nitrogen and oxygen atoms in total. The number of hydrogen-bond acceptors (Lipinski definition) is 1. The Morgan fingerprint density at radius 3 is 2.58 bits per heavy atom. The second-order valence-electron chi connectivity index (χ2n) is 3.06. The quantitative estimate of drug-likeness (QED) is 0.673. The molecule has 12 heavy (non-hydrogen) atoms. The number of anilines is 1. The van der Waals surface area contributed by atoms with Crippen molar-refractivity contribution in [2.45, 2.75) is 26.7 Å². The van der Waals surface area contributed by atoms with E-state index in [2.05, 4.69) is 0 Å². The van der Waals surface area contributed by atoms with Crippen LogP contribution >= 0.6 is 0 Å². The fraction of sp³-hybridized carbons (Fsp3) is 0.400. The van der Waals surface area contributed by atoms with E-state index >= 15 is 0 Å². The maximum Gasteiger partial charge on any atom is 0.128 e. The summed E-state index contributed by atoms with van der Waals surface area (Å²) < 4.78 is 13.2. The van der Waals surface area contributed by atoms with Crippen LogP contribution in [0.3, 0.4) is 0 Å². The first-order chi connectivity index (χ1) is 5.65. The van der Waals surface area contributed by atoms with E-state index in [1.165, 1.54) is 6.07 Å². The molecule has 0 aliphatic heterocycles. The molecule has 1 aromatic rings. The summed E-state index contributed by atoms with van der Waals surface area (Å²) >= 11 is 0. The highest BCUT2D eigenvalue weighted by molar-refractivity contribution is 5.49. The number of hydrogen-bond donors (Lipinski definition) is 1. The van der Waals surface area contributed by atoms with E-state index in [1.54, 1.807) is 0 Å². The molecule has 66 valence electrons. The summed E-state index contributed by atoms with van der Waals surface area (Å²) in [4.78, 5) is 0. The largest absolute Gasteiger partial charge is 0.398 e. The Labute approximate surface area is 72.4 Å². The summed E-state index contributed by atoms with van der Waals surface area (Å²) in [5.74, 6) is -0.172. The normalized spacial score (nSPS) is 10.2. The number of aryl methyl sites for hydroxylation is 1. The molecule has 0 bridgehead atoms. The summed E-state index contributed by atoms with van der Waals surface area (Å²) in [5.41, 5.74) is 7.78. The van der Waals surface area contributed by atoms with E-state index in [9.17, 15) is 4.39 Å². The minimum absolute atomic E-state index is 0.172. The molecule has 0 aliphatic rings. The first-order valence-electron chi connectivity index (χ1n) is 4.19. The summed E-state index contributed by atoms with van der Waals surface area (Å²) in [6, 6.07) is 3.34. The first kappa shape index (κ1) is 9.04. The van der Waals surface area contributed by atoms with Gasteiger partial charge in [0.2, 0.25) is 0 Å². The van der Waals surface area contributed by atoms with Crippen molar-refractivity contribution >= 4 is 5.69 Å². The van der Waals surface area contributed by atoms with Crippen molar-refractivity contribution in [3.63, 3.8) is 0 Å². The molecule has 0 aliphatic carbocycles. The zero-order valence-electron chi connectivity index (χ0n) is 7.52. The molecule has 0 aromatic heterocycles. The van der Waals surface area contributed by atoms with Crippen molar-refractivity contribution in [3.05, 3.63) is 29.1 Å². The molecule has 0 saturated carbocycles. The van der Waals surface area contributed by atoms with Gasteiger partial charge >= 0.3 is 0 Å². The molecule has 0 amide bonds. The van der Waals surface area contributed by atoms with E-state index in [1.807, 2.05) is 19.9 Å². The predicted molar refractivity (Wildman–Crippen MR) is 49.5 cm³/mol. The van der Waals surface area contributed by atoms with Crippen LogP contribution < -0.4 is 5.73 Å². The van der Waals surface area contributed by atoms with Gasteiger partial charge in [0.05, 0.1) is 0 Å². The highest BCUT2D eigenvalue weighted by Gasteiger charge is 2.05. The standard InChI is InChI=1S/C10H14FN/c1-3-4-8-9(11)5-7(2)6-10(8)12/h5-6H,3-4,12H2,1-2H3. The summed E-state index contributed by atoms with van der Waals surface area (Å²) in [6.45, 7) is 3.86. The molecular weight excluding hydrogens is 153 g/mol. The molecule has 2 heteroatoms. The molecule has 0 radical (unpaired) electrons. The topological polar surface area (TPSA) is 26.0 Å². The van der Waals surface area contributed by atoms with Crippen LogP contribution in [0.2, 0.25) is 0 Å². The van der Waals surface area contributed by atoms with Gasteiger partial charge in [-0.3, -0.25) is 0 Å². The second kappa shape index (κ2) is 3.57. The zero-order valence-corrected chi connectivity index (χ0v) is 7.52. The van der Waals surface area contributed by atoms with Crippen LogP contribution in [0.1, 0.15) is 24.5 Å². The van der Waals surface area contributed by atoms with Gasteiger partial charge in [-0.15, -0.1) is 0 Å². The predicted octanol–water partition coefficient (Wildman–Crippen LogP) is 2.67. The van der Waals surface area contributed by atoms with Gasteiger partial charge in [0.1, 0.15) is 5.82 Å². The van der Waals surface area contributed by atoms with Crippen molar-refractivity contribution in [2.75, 3.05) is 5.73 Å². The second-order valence-corrected chi connectivity index (χ2v) is 3.06. The lowest BCUT2D eigenvalue weighted by molar-refractivity contribution is 0.607. The maximum absolute atomic E-state index is 13.2. The average Bonchev–Trinajstić information content (AvgIpc) is 1.96. The number of halogens is 1. The molecule has 0 heterocycles. The van der Waals surface area contributed by atoms with Crippen LogP contribution in [0.5, 0.6) is 0 Å². The maximum atomic E-state index is 13.2.